The molecule has 1 aromatic carbocycles. The van der Waals surface area contributed by atoms with Gasteiger partial charge in [-0.05, 0) is 63.5 Å². The number of aryl methyl sites for hydroxylation is 2. The van der Waals surface area contributed by atoms with Gasteiger partial charge in [0.05, 0.1) is 20.3 Å². The number of amides is 1. The molecule has 1 aliphatic heterocycles. The molecule has 0 N–H and O–H groups in total. The van der Waals surface area contributed by atoms with Crippen molar-refractivity contribution in [2.24, 2.45) is 0 Å². The van der Waals surface area contributed by atoms with Crippen LogP contribution in [0.25, 0.3) is 11.9 Å². The monoisotopic (exact) mass is 435 g/mol. The summed E-state index contributed by atoms with van der Waals surface area (Å²) in [5.74, 6) is 2.97. The third kappa shape index (κ3) is 4.02. The molecule has 3 heterocycles. The number of carbonyl (C=O) groups excluding carboxylic acids is 1. The number of hydrogen-bond donors (Lipinski definition) is 0. The van der Waals surface area contributed by atoms with Gasteiger partial charge in [-0.25, -0.2) is 0 Å². The van der Waals surface area contributed by atoms with Gasteiger partial charge in [-0.2, -0.15) is 0 Å². The Bertz CT molecular complexity index is 1160. The van der Waals surface area contributed by atoms with Gasteiger partial charge in [0.25, 0.3) is 0 Å². The first-order chi connectivity index (χ1) is 15.4. The summed E-state index contributed by atoms with van der Waals surface area (Å²) in [6.07, 6.45) is 5.41. The summed E-state index contributed by atoms with van der Waals surface area (Å²) in [6, 6.07) is 9.71. The Morgan fingerprint density at radius 3 is 2.66 bits per heavy atom. The van der Waals surface area contributed by atoms with Crippen LogP contribution in [0.3, 0.4) is 0 Å². The van der Waals surface area contributed by atoms with Crippen LogP contribution < -0.4 is 9.47 Å². The molecule has 1 atom stereocenters. The molecule has 1 amide bonds. The van der Waals surface area contributed by atoms with Crippen LogP contribution in [-0.4, -0.2) is 41.3 Å². The molecule has 1 unspecified atom stereocenters. The molecule has 0 saturated carbocycles. The molecule has 0 spiro atoms. The Hall–Kier alpha value is -3.48. The molecule has 1 saturated heterocycles. The maximum atomic E-state index is 13.1. The van der Waals surface area contributed by atoms with Crippen LogP contribution in [0.5, 0.6) is 11.5 Å². The quantitative estimate of drug-likeness (QED) is 0.521. The van der Waals surface area contributed by atoms with E-state index in [0.29, 0.717) is 0 Å². The molecule has 168 valence electrons. The van der Waals surface area contributed by atoms with E-state index in [2.05, 4.69) is 11.2 Å². The van der Waals surface area contributed by atoms with Gasteiger partial charge in [0, 0.05) is 41.7 Å². The van der Waals surface area contributed by atoms with Crippen LogP contribution >= 0.6 is 0 Å². The normalized spacial score (nSPS) is 16.2. The lowest BCUT2D eigenvalue weighted by Gasteiger charge is -2.25. The predicted molar refractivity (Wildman–Crippen MR) is 122 cm³/mol. The van der Waals surface area contributed by atoms with Crippen molar-refractivity contribution in [1.82, 2.24) is 14.6 Å². The number of likely N-dealkylation sites (tertiary alicyclic amines) is 1. The SMILES string of the molecule is COc1ccc(C2CCCN2C(=O)C=Cc2cc(C)n(-c3cc(C)on3)c2C)c(OC)c1. The molecular weight excluding hydrogens is 406 g/mol. The number of methoxy groups -OCH3 is 2. The highest BCUT2D eigenvalue weighted by molar-refractivity contribution is 5.92. The van der Waals surface area contributed by atoms with E-state index in [-0.39, 0.29) is 11.9 Å². The Labute approximate surface area is 188 Å². The van der Waals surface area contributed by atoms with Gasteiger partial charge in [-0.1, -0.05) is 5.16 Å². The minimum Gasteiger partial charge on any atom is -0.497 e. The van der Waals surface area contributed by atoms with Gasteiger partial charge < -0.3 is 18.9 Å². The van der Waals surface area contributed by atoms with E-state index >= 15 is 0 Å². The zero-order valence-corrected chi connectivity index (χ0v) is 19.2. The number of aromatic nitrogens is 2. The summed E-state index contributed by atoms with van der Waals surface area (Å²) >= 11 is 0. The minimum atomic E-state index is -0.0152. The number of hydrogen-bond acceptors (Lipinski definition) is 5. The van der Waals surface area contributed by atoms with E-state index in [1.54, 1.807) is 20.3 Å². The minimum absolute atomic E-state index is 0.00699. The second-order valence-electron chi connectivity index (χ2n) is 8.09. The van der Waals surface area contributed by atoms with Crippen LogP contribution in [0.1, 0.15) is 47.2 Å². The zero-order valence-electron chi connectivity index (χ0n) is 19.2. The van der Waals surface area contributed by atoms with E-state index in [1.807, 2.05) is 60.6 Å². The van der Waals surface area contributed by atoms with Gasteiger partial charge in [-0.3, -0.25) is 9.36 Å². The van der Waals surface area contributed by atoms with Crippen molar-refractivity contribution >= 4 is 12.0 Å². The van der Waals surface area contributed by atoms with Crippen molar-refractivity contribution < 1.29 is 18.8 Å². The molecule has 4 rings (SSSR count). The van der Waals surface area contributed by atoms with Crippen LogP contribution in [0.15, 0.2) is 40.9 Å². The van der Waals surface area contributed by atoms with Crippen molar-refractivity contribution in [2.45, 2.75) is 39.7 Å². The molecule has 3 aromatic rings. The van der Waals surface area contributed by atoms with Crippen molar-refractivity contribution in [1.29, 1.82) is 0 Å². The van der Waals surface area contributed by atoms with Gasteiger partial charge in [0.15, 0.2) is 5.82 Å². The standard InChI is InChI=1S/C25H29N3O4/c1-16-13-19(18(3)28(16)24-14-17(2)32-26-24)8-11-25(29)27-12-6-7-22(27)21-10-9-20(30-4)15-23(21)31-5/h8-11,13-15,22H,6-7,12H2,1-5H3. The summed E-state index contributed by atoms with van der Waals surface area (Å²) in [5, 5.41) is 4.12. The molecule has 0 bridgehead atoms. The highest BCUT2D eigenvalue weighted by Gasteiger charge is 2.31. The van der Waals surface area contributed by atoms with Crippen LogP contribution in [0, 0.1) is 20.8 Å². The largest absolute Gasteiger partial charge is 0.497 e. The molecule has 1 fully saturated rings. The van der Waals surface area contributed by atoms with Gasteiger partial charge in [0.2, 0.25) is 5.91 Å². The number of benzene rings is 1. The van der Waals surface area contributed by atoms with Crippen molar-refractivity contribution in [3.8, 4) is 17.3 Å². The fourth-order valence-corrected chi connectivity index (χ4v) is 4.47. The van der Waals surface area contributed by atoms with Crippen LogP contribution in [0.2, 0.25) is 0 Å². The molecule has 7 heteroatoms. The lowest BCUT2D eigenvalue weighted by atomic mass is 10.0. The first-order valence-electron chi connectivity index (χ1n) is 10.8. The highest BCUT2D eigenvalue weighted by Crippen LogP contribution is 2.38. The first kappa shape index (κ1) is 21.7. The highest BCUT2D eigenvalue weighted by atomic mass is 16.5. The van der Waals surface area contributed by atoms with Crippen LogP contribution in [0.4, 0.5) is 0 Å². The molecule has 1 aliphatic rings. The predicted octanol–water partition coefficient (Wildman–Crippen LogP) is 4.78. The average Bonchev–Trinajstić information content (AvgIpc) is 3.50. The fraction of sp³-hybridized carbons (Fsp3) is 0.360. The van der Waals surface area contributed by atoms with Gasteiger partial charge in [-0.15, -0.1) is 0 Å². The summed E-state index contributed by atoms with van der Waals surface area (Å²) in [4.78, 5) is 15.1. The van der Waals surface area contributed by atoms with Crippen molar-refractivity contribution in [3.05, 3.63) is 64.7 Å². The molecule has 32 heavy (non-hydrogen) atoms. The molecule has 0 radical (unpaired) electrons. The van der Waals surface area contributed by atoms with E-state index < -0.39 is 0 Å². The Morgan fingerprint density at radius 1 is 1.16 bits per heavy atom. The van der Waals surface area contributed by atoms with Gasteiger partial charge >= 0.3 is 0 Å². The Balaban J connectivity index is 1.56. The number of nitrogens with zero attached hydrogens (tertiary/aromatic N) is 3. The maximum absolute atomic E-state index is 13.1. The Kier molecular flexibility index (Phi) is 6.08. The summed E-state index contributed by atoms with van der Waals surface area (Å²) in [7, 11) is 3.27. The third-order valence-electron chi connectivity index (χ3n) is 6.06. The lowest BCUT2D eigenvalue weighted by molar-refractivity contribution is -0.126. The van der Waals surface area contributed by atoms with E-state index in [4.69, 9.17) is 14.0 Å². The molecule has 0 aliphatic carbocycles. The summed E-state index contributed by atoms with van der Waals surface area (Å²) in [6.45, 7) is 6.62. The summed E-state index contributed by atoms with van der Waals surface area (Å²) < 4.78 is 18.1. The van der Waals surface area contributed by atoms with E-state index in [0.717, 1.165) is 65.0 Å². The Morgan fingerprint density at radius 2 is 1.97 bits per heavy atom. The summed E-state index contributed by atoms with van der Waals surface area (Å²) in [5.41, 5.74) is 4.03. The molecule has 7 nitrogen and oxygen atoms in total. The average molecular weight is 436 g/mol. The van der Waals surface area contributed by atoms with Crippen molar-refractivity contribution in [2.75, 3.05) is 20.8 Å². The second kappa shape index (κ2) is 8.94. The van der Waals surface area contributed by atoms with Crippen LogP contribution in [-0.2, 0) is 4.79 Å². The zero-order chi connectivity index (χ0) is 22.8. The fourth-order valence-electron chi connectivity index (χ4n) is 4.47. The number of rotatable bonds is 6. The smallest absolute Gasteiger partial charge is 0.247 e. The maximum Gasteiger partial charge on any atom is 0.247 e. The molecule has 2 aromatic heterocycles. The topological polar surface area (TPSA) is 69.7 Å². The lowest BCUT2D eigenvalue weighted by Crippen LogP contribution is -2.29. The third-order valence-corrected chi connectivity index (χ3v) is 6.06. The van der Waals surface area contributed by atoms with Gasteiger partial charge in [0.1, 0.15) is 17.3 Å². The first-order valence-corrected chi connectivity index (χ1v) is 10.8. The van der Waals surface area contributed by atoms with E-state index in [1.165, 1.54) is 0 Å². The molecular formula is C25H29N3O4. The van der Waals surface area contributed by atoms with E-state index in [9.17, 15) is 4.79 Å². The number of ether oxygens (including phenoxy) is 2. The van der Waals surface area contributed by atoms with Crippen molar-refractivity contribution in [3.63, 3.8) is 0 Å². The number of carbonyl (C=O) groups is 1. The second-order valence-corrected chi connectivity index (χ2v) is 8.09.